The molecule has 0 spiro atoms. The number of aliphatic hydroxyl groups excluding tert-OH is 2. The van der Waals surface area contributed by atoms with Gasteiger partial charge in [0.25, 0.3) is 0 Å². The fourth-order valence-corrected chi connectivity index (χ4v) is 0.558. The molecule has 0 radical (unpaired) electrons. The molecular formula is C6H11F3O2. The Hall–Kier alpha value is -0.290. The van der Waals surface area contributed by atoms with Crippen molar-refractivity contribution in [1.82, 2.24) is 0 Å². The van der Waals surface area contributed by atoms with E-state index in [0.717, 1.165) is 0 Å². The summed E-state index contributed by atoms with van der Waals surface area (Å²) in [5.74, 6) is -0.605. The van der Waals surface area contributed by atoms with E-state index in [1.807, 2.05) is 0 Å². The summed E-state index contributed by atoms with van der Waals surface area (Å²) in [6, 6.07) is 0. The van der Waals surface area contributed by atoms with Crippen molar-refractivity contribution in [2.75, 3.05) is 0 Å². The molecule has 0 aliphatic rings. The Balaban J connectivity index is 4.13. The maximum absolute atomic E-state index is 11.6. The van der Waals surface area contributed by atoms with Crippen molar-refractivity contribution >= 4 is 0 Å². The van der Waals surface area contributed by atoms with E-state index in [1.165, 1.54) is 13.8 Å². The molecule has 0 bridgehead atoms. The van der Waals surface area contributed by atoms with E-state index in [1.54, 1.807) is 0 Å². The quantitative estimate of drug-likeness (QED) is 0.650. The van der Waals surface area contributed by atoms with Gasteiger partial charge in [0.2, 0.25) is 0 Å². The molecule has 0 heterocycles. The van der Waals surface area contributed by atoms with Gasteiger partial charge in [-0.15, -0.1) is 0 Å². The van der Waals surface area contributed by atoms with Crippen molar-refractivity contribution in [3.05, 3.63) is 0 Å². The monoisotopic (exact) mass is 172 g/mol. The maximum Gasteiger partial charge on any atom is 0.416 e. The molecule has 2 atom stereocenters. The van der Waals surface area contributed by atoms with Crippen LogP contribution < -0.4 is 0 Å². The fourth-order valence-electron chi connectivity index (χ4n) is 0.558. The highest BCUT2D eigenvalue weighted by atomic mass is 19.4. The zero-order valence-corrected chi connectivity index (χ0v) is 6.26. The zero-order valence-electron chi connectivity index (χ0n) is 6.26. The lowest BCUT2D eigenvalue weighted by atomic mass is 10.0. The fraction of sp³-hybridized carbons (Fsp3) is 1.00. The van der Waals surface area contributed by atoms with Crippen LogP contribution in [0, 0.1) is 5.92 Å². The Labute approximate surface area is 62.6 Å². The van der Waals surface area contributed by atoms with Crippen LogP contribution in [0.3, 0.4) is 0 Å². The summed E-state index contributed by atoms with van der Waals surface area (Å²) in [6.07, 6.45) is -9.11. The van der Waals surface area contributed by atoms with Crippen molar-refractivity contribution in [3.63, 3.8) is 0 Å². The SMILES string of the molecule is CC(C)C(O)C(O)C(F)(F)F. The normalized spacial score (nSPS) is 18.5. The van der Waals surface area contributed by atoms with Crippen molar-refractivity contribution in [3.8, 4) is 0 Å². The summed E-state index contributed by atoms with van der Waals surface area (Å²) in [5.41, 5.74) is 0. The molecule has 0 amide bonds. The third-order valence-electron chi connectivity index (χ3n) is 1.34. The lowest BCUT2D eigenvalue weighted by Gasteiger charge is -2.22. The second-order valence-electron chi connectivity index (χ2n) is 2.72. The molecule has 0 aliphatic carbocycles. The molecule has 0 aromatic rings. The van der Waals surface area contributed by atoms with E-state index in [9.17, 15) is 13.2 Å². The third-order valence-corrected chi connectivity index (χ3v) is 1.34. The first-order chi connectivity index (χ1) is 4.76. The van der Waals surface area contributed by atoms with E-state index in [0.29, 0.717) is 0 Å². The van der Waals surface area contributed by atoms with Crippen molar-refractivity contribution in [1.29, 1.82) is 0 Å². The van der Waals surface area contributed by atoms with E-state index >= 15 is 0 Å². The van der Waals surface area contributed by atoms with Gasteiger partial charge in [-0.25, -0.2) is 0 Å². The highest BCUT2D eigenvalue weighted by Gasteiger charge is 2.43. The summed E-state index contributed by atoms with van der Waals surface area (Å²) in [4.78, 5) is 0. The summed E-state index contributed by atoms with van der Waals surface area (Å²) in [7, 11) is 0. The lowest BCUT2D eigenvalue weighted by Crippen LogP contribution is -2.42. The predicted molar refractivity (Wildman–Crippen MR) is 32.9 cm³/mol. The van der Waals surface area contributed by atoms with Gasteiger partial charge >= 0.3 is 6.18 Å². The van der Waals surface area contributed by atoms with Crippen LogP contribution in [0.4, 0.5) is 13.2 Å². The van der Waals surface area contributed by atoms with Crippen LogP contribution in [0.15, 0.2) is 0 Å². The highest BCUT2D eigenvalue weighted by molar-refractivity contribution is 4.76. The van der Waals surface area contributed by atoms with Gasteiger partial charge in [-0.1, -0.05) is 13.8 Å². The third kappa shape index (κ3) is 3.07. The molecule has 0 aromatic heterocycles. The average Bonchev–Trinajstić information content (AvgIpc) is 1.82. The molecule has 11 heavy (non-hydrogen) atoms. The lowest BCUT2D eigenvalue weighted by molar-refractivity contribution is -0.235. The number of halogens is 3. The molecule has 2 unspecified atom stereocenters. The first-order valence-corrected chi connectivity index (χ1v) is 3.19. The van der Waals surface area contributed by atoms with Crippen LogP contribution in [-0.4, -0.2) is 28.6 Å². The zero-order chi connectivity index (χ0) is 9.23. The van der Waals surface area contributed by atoms with Gasteiger partial charge in [-0.2, -0.15) is 13.2 Å². The molecular weight excluding hydrogens is 161 g/mol. The van der Waals surface area contributed by atoms with Crippen LogP contribution in [0.2, 0.25) is 0 Å². The van der Waals surface area contributed by atoms with Gasteiger partial charge in [-0.3, -0.25) is 0 Å². The number of alkyl halides is 3. The molecule has 0 rings (SSSR count). The second-order valence-corrected chi connectivity index (χ2v) is 2.72. The number of hydrogen-bond donors (Lipinski definition) is 2. The van der Waals surface area contributed by atoms with Crippen molar-refractivity contribution < 1.29 is 23.4 Å². The Morgan fingerprint density at radius 1 is 1.09 bits per heavy atom. The molecule has 0 aromatic carbocycles. The van der Waals surface area contributed by atoms with Crippen LogP contribution in [-0.2, 0) is 0 Å². The van der Waals surface area contributed by atoms with Gasteiger partial charge in [0.1, 0.15) is 0 Å². The molecule has 0 saturated heterocycles. The summed E-state index contributed by atoms with van der Waals surface area (Å²) in [6.45, 7) is 2.80. The predicted octanol–water partition coefficient (Wildman–Crippen LogP) is 0.927. The van der Waals surface area contributed by atoms with Crippen molar-refractivity contribution in [2.45, 2.75) is 32.2 Å². The standard InChI is InChI=1S/C6H11F3O2/c1-3(2)4(10)5(11)6(7,8)9/h3-5,10-11H,1-2H3. The maximum atomic E-state index is 11.6. The molecule has 0 saturated carbocycles. The Bertz CT molecular complexity index is 121. The molecule has 0 fully saturated rings. The van der Waals surface area contributed by atoms with Crippen LogP contribution in [0.25, 0.3) is 0 Å². The topological polar surface area (TPSA) is 40.5 Å². The number of hydrogen-bond acceptors (Lipinski definition) is 2. The summed E-state index contributed by atoms with van der Waals surface area (Å²) in [5, 5.41) is 17.2. The van der Waals surface area contributed by atoms with Crippen LogP contribution >= 0.6 is 0 Å². The molecule has 0 aliphatic heterocycles. The Kier molecular flexibility index (Phi) is 3.31. The van der Waals surface area contributed by atoms with E-state index < -0.39 is 24.3 Å². The molecule has 5 heteroatoms. The molecule has 2 N–H and O–H groups in total. The first kappa shape index (κ1) is 10.7. The van der Waals surface area contributed by atoms with E-state index in [4.69, 9.17) is 10.2 Å². The first-order valence-electron chi connectivity index (χ1n) is 3.19. The van der Waals surface area contributed by atoms with Crippen LogP contribution in [0.1, 0.15) is 13.8 Å². The summed E-state index contributed by atoms with van der Waals surface area (Å²) >= 11 is 0. The smallest absolute Gasteiger partial charge is 0.390 e. The minimum absolute atomic E-state index is 0.605. The number of aliphatic hydroxyl groups is 2. The Morgan fingerprint density at radius 2 is 1.45 bits per heavy atom. The van der Waals surface area contributed by atoms with Crippen molar-refractivity contribution in [2.24, 2.45) is 5.92 Å². The average molecular weight is 172 g/mol. The summed E-state index contributed by atoms with van der Waals surface area (Å²) < 4.78 is 34.9. The molecule has 68 valence electrons. The minimum Gasteiger partial charge on any atom is -0.390 e. The largest absolute Gasteiger partial charge is 0.416 e. The van der Waals surface area contributed by atoms with E-state index in [-0.39, 0.29) is 0 Å². The van der Waals surface area contributed by atoms with Gasteiger partial charge in [0.15, 0.2) is 6.10 Å². The Morgan fingerprint density at radius 3 is 1.55 bits per heavy atom. The second kappa shape index (κ2) is 3.40. The van der Waals surface area contributed by atoms with Gasteiger partial charge in [0, 0.05) is 0 Å². The van der Waals surface area contributed by atoms with Gasteiger partial charge in [-0.05, 0) is 5.92 Å². The van der Waals surface area contributed by atoms with Crippen LogP contribution in [0.5, 0.6) is 0 Å². The minimum atomic E-state index is -4.73. The highest BCUT2D eigenvalue weighted by Crippen LogP contribution is 2.24. The molecule has 2 nitrogen and oxygen atoms in total. The van der Waals surface area contributed by atoms with Gasteiger partial charge < -0.3 is 10.2 Å². The van der Waals surface area contributed by atoms with Gasteiger partial charge in [0.05, 0.1) is 6.10 Å². The number of rotatable bonds is 2. The van der Waals surface area contributed by atoms with E-state index in [2.05, 4.69) is 0 Å².